The van der Waals surface area contributed by atoms with Crippen LogP contribution in [-0.2, 0) is 25.6 Å². The molecule has 3 rings (SSSR count). The second kappa shape index (κ2) is 7.74. The van der Waals surface area contributed by atoms with E-state index in [2.05, 4.69) is 0 Å². The van der Waals surface area contributed by atoms with E-state index in [1.54, 1.807) is 11.8 Å². The fourth-order valence-electron chi connectivity index (χ4n) is 3.07. The molecular weight excluding hydrogens is 326 g/mol. The average molecular weight is 349 g/mol. The SMILES string of the molecule is COC(=O)C(C)CN(Cc1ccc2c(c1)OCO2)C(=O)C1CCCO1. The first-order valence-corrected chi connectivity index (χ1v) is 8.45. The van der Waals surface area contributed by atoms with Crippen molar-refractivity contribution in [1.29, 1.82) is 0 Å². The van der Waals surface area contributed by atoms with E-state index >= 15 is 0 Å². The largest absolute Gasteiger partial charge is 0.469 e. The highest BCUT2D eigenvalue weighted by Gasteiger charge is 2.30. The molecule has 2 aliphatic heterocycles. The van der Waals surface area contributed by atoms with Crippen molar-refractivity contribution in [3.8, 4) is 11.5 Å². The summed E-state index contributed by atoms with van der Waals surface area (Å²) in [5, 5.41) is 0. The number of amides is 1. The third-order valence-electron chi connectivity index (χ3n) is 4.43. The molecule has 1 aromatic carbocycles. The lowest BCUT2D eigenvalue weighted by Gasteiger charge is -2.27. The maximum atomic E-state index is 12.8. The zero-order chi connectivity index (χ0) is 17.8. The zero-order valence-electron chi connectivity index (χ0n) is 14.5. The topological polar surface area (TPSA) is 74.3 Å². The van der Waals surface area contributed by atoms with E-state index in [0.717, 1.165) is 12.0 Å². The lowest BCUT2D eigenvalue weighted by atomic mass is 10.1. The Labute approximate surface area is 146 Å². The van der Waals surface area contributed by atoms with Crippen LogP contribution in [0, 0.1) is 5.92 Å². The molecule has 0 aromatic heterocycles. The minimum absolute atomic E-state index is 0.0917. The third-order valence-corrected chi connectivity index (χ3v) is 4.43. The first-order chi connectivity index (χ1) is 12.1. The highest BCUT2D eigenvalue weighted by atomic mass is 16.7. The van der Waals surface area contributed by atoms with E-state index in [1.807, 2.05) is 18.2 Å². The molecule has 1 fully saturated rings. The van der Waals surface area contributed by atoms with Gasteiger partial charge in [-0.15, -0.1) is 0 Å². The number of nitrogens with zero attached hydrogens (tertiary/aromatic N) is 1. The summed E-state index contributed by atoms with van der Waals surface area (Å²) in [6, 6.07) is 5.59. The van der Waals surface area contributed by atoms with Gasteiger partial charge in [-0.3, -0.25) is 9.59 Å². The van der Waals surface area contributed by atoms with Crippen LogP contribution in [0.4, 0.5) is 0 Å². The van der Waals surface area contributed by atoms with E-state index in [9.17, 15) is 9.59 Å². The Bertz CT molecular complexity index is 640. The number of fused-ring (bicyclic) bond motifs is 1. The summed E-state index contributed by atoms with van der Waals surface area (Å²) in [5.41, 5.74) is 0.910. The highest BCUT2D eigenvalue weighted by molar-refractivity contribution is 5.82. The first-order valence-electron chi connectivity index (χ1n) is 8.45. The van der Waals surface area contributed by atoms with Crippen molar-refractivity contribution in [2.24, 2.45) is 5.92 Å². The molecule has 2 atom stereocenters. The monoisotopic (exact) mass is 349 g/mol. The molecule has 2 aliphatic rings. The standard InChI is InChI=1S/C18H23NO6/c1-12(18(21)22-2)9-19(17(20)15-4-3-7-23-15)10-13-5-6-14-16(8-13)25-11-24-14/h5-6,8,12,15H,3-4,7,9-11H2,1-2H3. The van der Waals surface area contributed by atoms with Crippen LogP contribution in [0.2, 0.25) is 0 Å². The number of hydrogen-bond donors (Lipinski definition) is 0. The lowest BCUT2D eigenvalue weighted by Crippen LogP contribution is -2.42. The normalized spacial score (nSPS) is 19.5. The summed E-state index contributed by atoms with van der Waals surface area (Å²) in [6.07, 6.45) is 1.16. The lowest BCUT2D eigenvalue weighted by molar-refractivity contribution is -0.148. The molecule has 1 aromatic rings. The Balaban J connectivity index is 1.75. The van der Waals surface area contributed by atoms with Gasteiger partial charge in [0.2, 0.25) is 6.79 Å². The second-order valence-electron chi connectivity index (χ2n) is 6.33. The predicted molar refractivity (Wildman–Crippen MR) is 88.1 cm³/mol. The van der Waals surface area contributed by atoms with Gasteiger partial charge in [0.15, 0.2) is 11.5 Å². The Morgan fingerprint density at radius 3 is 2.84 bits per heavy atom. The molecule has 1 amide bonds. The summed E-state index contributed by atoms with van der Waals surface area (Å²) >= 11 is 0. The van der Waals surface area contributed by atoms with Gasteiger partial charge in [0, 0.05) is 19.7 Å². The van der Waals surface area contributed by atoms with E-state index < -0.39 is 12.0 Å². The molecule has 0 spiro atoms. The Kier molecular flexibility index (Phi) is 5.43. The highest BCUT2D eigenvalue weighted by Crippen LogP contribution is 2.33. The number of ether oxygens (including phenoxy) is 4. The summed E-state index contributed by atoms with van der Waals surface area (Å²) < 4.78 is 21.0. The summed E-state index contributed by atoms with van der Waals surface area (Å²) in [5.74, 6) is 0.526. The molecular formula is C18H23NO6. The molecule has 7 nitrogen and oxygen atoms in total. The third kappa shape index (κ3) is 4.04. The Morgan fingerprint density at radius 1 is 1.32 bits per heavy atom. The molecule has 1 saturated heterocycles. The molecule has 136 valence electrons. The van der Waals surface area contributed by atoms with E-state index in [4.69, 9.17) is 18.9 Å². The number of benzene rings is 1. The molecule has 2 unspecified atom stereocenters. The van der Waals surface area contributed by atoms with Gasteiger partial charge in [0.25, 0.3) is 5.91 Å². The van der Waals surface area contributed by atoms with Gasteiger partial charge in [-0.05, 0) is 30.5 Å². The van der Waals surface area contributed by atoms with Crippen molar-refractivity contribution < 1.29 is 28.5 Å². The number of carbonyl (C=O) groups excluding carboxylic acids is 2. The van der Waals surface area contributed by atoms with Crippen molar-refractivity contribution in [1.82, 2.24) is 4.90 Å². The van der Waals surface area contributed by atoms with Crippen molar-refractivity contribution in [3.63, 3.8) is 0 Å². The number of esters is 1. The number of methoxy groups -OCH3 is 1. The van der Waals surface area contributed by atoms with Crippen LogP contribution in [0.1, 0.15) is 25.3 Å². The minimum atomic E-state index is -0.432. The summed E-state index contributed by atoms with van der Waals surface area (Å²) in [6.45, 7) is 3.20. The first kappa shape index (κ1) is 17.5. The van der Waals surface area contributed by atoms with Crippen LogP contribution in [0.5, 0.6) is 11.5 Å². The summed E-state index contributed by atoms with van der Waals surface area (Å²) in [7, 11) is 1.35. The minimum Gasteiger partial charge on any atom is -0.469 e. The van der Waals surface area contributed by atoms with Gasteiger partial charge >= 0.3 is 5.97 Å². The molecule has 2 heterocycles. The van der Waals surface area contributed by atoms with Crippen LogP contribution >= 0.6 is 0 Å². The van der Waals surface area contributed by atoms with Crippen LogP contribution in [0.25, 0.3) is 0 Å². The maximum Gasteiger partial charge on any atom is 0.310 e. The van der Waals surface area contributed by atoms with E-state index in [-0.39, 0.29) is 25.2 Å². The van der Waals surface area contributed by atoms with E-state index in [0.29, 0.717) is 31.1 Å². The number of rotatable bonds is 6. The zero-order valence-corrected chi connectivity index (χ0v) is 14.5. The second-order valence-corrected chi connectivity index (χ2v) is 6.33. The van der Waals surface area contributed by atoms with E-state index in [1.165, 1.54) is 7.11 Å². The van der Waals surface area contributed by atoms with Gasteiger partial charge in [-0.25, -0.2) is 0 Å². The molecule has 0 saturated carbocycles. The van der Waals surface area contributed by atoms with Crippen molar-refractivity contribution in [2.45, 2.75) is 32.4 Å². The molecule has 25 heavy (non-hydrogen) atoms. The molecule has 0 N–H and O–H groups in total. The Morgan fingerprint density at radius 2 is 2.12 bits per heavy atom. The van der Waals surface area contributed by atoms with Crippen molar-refractivity contribution in [2.75, 3.05) is 27.1 Å². The maximum absolute atomic E-state index is 12.8. The average Bonchev–Trinajstić information content (AvgIpc) is 3.30. The van der Waals surface area contributed by atoms with Crippen LogP contribution in [0.15, 0.2) is 18.2 Å². The molecule has 0 aliphatic carbocycles. The van der Waals surface area contributed by atoms with Crippen LogP contribution in [0.3, 0.4) is 0 Å². The smallest absolute Gasteiger partial charge is 0.310 e. The molecule has 0 radical (unpaired) electrons. The predicted octanol–water partition coefficient (Wildman–Crippen LogP) is 1.73. The van der Waals surface area contributed by atoms with Gasteiger partial charge in [0.05, 0.1) is 13.0 Å². The molecule has 7 heteroatoms. The number of carbonyl (C=O) groups is 2. The Hall–Kier alpha value is -2.28. The van der Waals surface area contributed by atoms with Crippen molar-refractivity contribution in [3.05, 3.63) is 23.8 Å². The van der Waals surface area contributed by atoms with Crippen LogP contribution < -0.4 is 9.47 Å². The number of hydrogen-bond acceptors (Lipinski definition) is 6. The van der Waals surface area contributed by atoms with Gasteiger partial charge in [0.1, 0.15) is 6.10 Å². The van der Waals surface area contributed by atoms with Crippen molar-refractivity contribution >= 4 is 11.9 Å². The van der Waals surface area contributed by atoms with Gasteiger partial charge in [-0.2, -0.15) is 0 Å². The molecule has 0 bridgehead atoms. The summed E-state index contributed by atoms with van der Waals surface area (Å²) in [4.78, 5) is 26.3. The van der Waals surface area contributed by atoms with Gasteiger partial charge in [-0.1, -0.05) is 13.0 Å². The van der Waals surface area contributed by atoms with Gasteiger partial charge < -0.3 is 23.8 Å². The van der Waals surface area contributed by atoms with Crippen LogP contribution in [-0.4, -0.2) is 49.9 Å². The quantitative estimate of drug-likeness (QED) is 0.728. The fraction of sp³-hybridized carbons (Fsp3) is 0.556. The fourth-order valence-corrected chi connectivity index (χ4v) is 3.07.